The third-order valence-electron chi connectivity index (χ3n) is 2.94. The van der Waals surface area contributed by atoms with Crippen LogP contribution in [0.25, 0.3) is 11.1 Å². The smallest absolute Gasteiger partial charge is 0.151 e. The Kier molecular flexibility index (Phi) is 3.74. The molecule has 18 heavy (non-hydrogen) atoms. The molecule has 3 heteroatoms. The van der Waals surface area contributed by atoms with Crippen molar-refractivity contribution < 1.29 is 4.79 Å². The van der Waals surface area contributed by atoms with E-state index >= 15 is 0 Å². The molecule has 0 fully saturated rings. The summed E-state index contributed by atoms with van der Waals surface area (Å²) >= 11 is 12.0. The lowest BCUT2D eigenvalue weighted by atomic mass is 9.97. The molecule has 0 amide bonds. The molecule has 0 aliphatic rings. The van der Waals surface area contributed by atoms with Gasteiger partial charge in [-0.1, -0.05) is 29.3 Å². The van der Waals surface area contributed by atoms with Gasteiger partial charge in [-0.25, -0.2) is 0 Å². The Morgan fingerprint density at radius 1 is 0.944 bits per heavy atom. The molecular weight excluding hydrogens is 267 g/mol. The maximum atomic E-state index is 10.9. The Bertz CT molecular complexity index is 618. The molecule has 2 rings (SSSR count). The number of aldehydes is 1. The van der Waals surface area contributed by atoms with Gasteiger partial charge in [0.05, 0.1) is 5.02 Å². The Balaban J connectivity index is 2.62. The van der Waals surface area contributed by atoms with Crippen LogP contribution in [0.5, 0.6) is 0 Å². The molecule has 1 nitrogen and oxygen atoms in total. The van der Waals surface area contributed by atoms with Crippen LogP contribution in [0.1, 0.15) is 21.5 Å². The first-order valence-electron chi connectivity index (χ1n) is 5.55. The summed E-state index contributed by atoms with van der Waals surface area (Å²) in [5.74, 6) is 0. The number of halogens is 2. The molecule has 0 aliphatic heterocycles. The standard InChI is InChI=1S/C15H12Cl2O/c1-9-6-15(17)10(2)5-13(9)11-3-4-14(16)12(7-11)8-18/h3-8H,1-2H3. The summed E-state index contributed by atoms with van der Waals surface area (Å²) < 4.78 is 0. The summed E-state index contributed by atoms with van der Waals surface area (Å²) in [4.78, 5) is 10.9. The second-order valence-corrected chi connectivity index (χ2v) is 5.08. The first-order valence-corrected chi connectivity index (χ1v) is 6.30. The summed E-state index contributed by atoms with van der Waals surface area (Å²) in [5.41, 5.74) is 4.63. The van der Waals surface area contributed by atoms with Gasteiger partial charge in [0.1, 0.15) is 0 Å². The van der Waals surface area contributed by atoms with Crippen molar-refractivity contribution in [1.82, 2.24) is 0 Å². The number of benzene rings is 2. The van der Waals surface area contributed by atoms with E-state index in [9.17, 15) is 4.79 Å². The summed E-state index contributed by atoms with van der Waals surface area (Å²) in [6.07, 6.45) is 0.768. The minimum absolute atomic E-state index is 0.470. The van der Waals surface area contributed by atoms with Gasteiger partial charge in [0.25, 0.3) is 0 Å². The SMILES string of the molecule is Cc1cc(-c2ccc(Cl)c(C=O)c2)c(C)cc1Cl. The van der Waals surface area contributed by atoms with E-state index < -0.39 is 0 Å². The average Bonchev–Trinajstić information content (AvgIpc) is 2.35. The van der Waals surface area contributed by atoms with Crippen molar-refractivity contribution in [2.24, 2.45) is 0 Å². The van der Waals surface area contributed by atoms with Gasteiger partial charge in [0.15, 0.2) is 6.29 Å². The van der Waals surface area contributed by atoms with Gasteiger partial charge < -0.3 is 0 Å². The fourth-order valence-electron chi connectivity index (χ4n) is 1.89. The predicted molar refractivity (Wildman–Crippen MR) is 76.8 cm³/mol. The third-order valence-corrected chi connectivity index (χ3v) is 3.69. The summed E-state index contributed by atoms with van der Waals surface area (Å²) in [7, 11) is 0. The van der Waals surface area contributed by atoms with E-state index in [1.165, 1.54) is 0 Å². The van der Waals surface area contributed by atoms with Gasteiger partial charge in [-0.15, -0.1) is 0 Å². The molecule has 2 aromatic rings. The highest BCUT2D eigenvalue weighted by molar-refractivity contribution is 6.33. The van der Waals surface area contributed by atoms with Crippen molar-refractivity contribution in [3.05, 3.63) is 57.1 Å². The Hall–Kier alpha value is -1.31. The van der Waals surface area contributed by atoms with Crippen LogP contribution in [0.4, 0.5) is 0 Å². The molecule has 0 bridgehead atoms. The highest BCUT2D eigenvalue weighted by Crippen LogP contribution is 2.30. The first-order chi connectivity index (χ1) is 8.52. The molecule has 0 spiro atoms. The zero-order valence-electron chi connectivity index (χ0n) is 10.1. The summed E-state index contributed by atoms with van der Waals surface area (Å²) in [6.45, 7) is 3.96. The molecule has 92 valence electrons. The highest BCUT2D eigenvalue weighted by atomic mass is 35.5. The Morgan fingerprint density at radius 2 is 1.67 bits per heavy atom. The van der Waals surface area contributed by atoms with E-state index in [4.69, 9.17) is 23.2 Å². The minimum Gasteiger partial charge on any atom is -0.298 e. The van der Waals surface area contributed by atoms with Gasteiger partial charge in [-0.3, -0.25) is 4.79 Å². The van der Waals surface area contributed by atoms with Crippen LogP contribution in [-0.2, 0) is 0 Å². The topological polar surface area (TPSA) is 17.1 Å². The van der Waals surface area contributed by atoms with Crippen molar-refractivity contribution >= 4 is 29.5 Å². The zero-order chi connectivity index (χ0) is 13.3. The van der Waals surface area contributed by atoms with Crippen molar-refractivity contribution in [2.75, 3.05) is 0 Å². The normalized spacial score (nSPS) is 10.4. The van der Waals surface area contributed by atoms with Crippen LogP contribution >= 0.6 is 23.2 Å². The van der Waals surface area contributed by atoms with Crippen molar-refractivity contribution in [3.63, 3.8) is 0 Å². The van der Waals surface area contributed by atoms with E-state index in [1.54, 1.807) is 12.1 Å². The van der Waals surface area contributed by atoms with Gasteiger partial charge in [0.2, 0.25) is 0 Å². The zero-order valence-corrected chi connectivity index (χ0v) is 11.6. The molecule has 0 saturated carbocycles. The quantitative estimate of drug-likeness (QED) is 0.700. The molecule has 0 heterocycles. The molecule has 2 aromatic carbocycles. The van der Waals surface area contributed by atoms with Gasteiger partial charge in [-0.2, -0.15) is 0 Å². The second kappa shape index (κ2) is 5.13. The maximum Gasteiger partial charge on any atom is 0.151 e. The number of aryl methyl sites for hydroxylation is 2. The van der Waals surface area contributed by atoms with Crippen LogP contribution in [-0.4, -0.2) is 6.29 Å². The minimum atomic E-state index is 0.470. The lowest BCUT2D eigenvalue weighted by Crippen LogP contribution is -1.89. The Labute approximate surface area is 116 Å². The molecule has 0 atom stereocenters. The number of carbonyl (C=O) groups excluding carboxylic acids is 1. The molecule has 0 N–H and O–H groups in total. The average molecular weight is 279 g/mol. The van der Waals surface area contributed by atoms with E-state index in [0.717, 1.165) is 33.6 Å². The summed E-state index contributed by atoms with van der Waals surface area (Å²) in [6, 6.07) is 9.40. The third kappa shape index (κ3) is 2.43. The van der Waals surface area contributed by atoms with Crippen LogP contribution in [0, 0.1) is 13.8 Å². The molecule has 0 aromatic heterocycles. The monoisotopic (exact) mass is 278 g/mol. The molecule has 0 saturated heterocycles. The number of rotatable bonds is 2. The fraction of sp³-hybridized carbons (Fsp3) is 0.133. The van der Waals surface area contributed by atoms with Crippen molar-refractivity contribution in [2.45, 2.75) is 13.8 Å². The lowest BCUT2D eigenvalue weighted by molar-refractivity contribution is 0.112. The van der Waals surface area contributed by atoms with Gasteiger partial charge in [0, 0.05) is 10.6 Å². The van der Waals surface area contributed by atoms with E-state index in [1.807, 2.05) is 32.0 Å². The van der Waals surface area contributed by atoms with E-state index in [-0.39, 0.29) is 0 Å². The lowest BCUT2D eigenvalue weighted by Gasteiger charge is -2.10. The molecule has 0 radical (unpaired) electrons. The molecule has 0 unspecified atom stereocenters. The molecular formula is C15H12Cl2O. The summed E-state index contributed by atoms with van der Waals surface area (Å²) in [5, 5.41) is 1.22. The maximum absolute atomic E-state index is 10.9. The van der Waals surface area contributed by atoms with Gasteiger partial charge >= 0.3 is 0 Å². The first kappa shape index (κ1) is 13.1. The van der Waals surface area contributed by atoms with Crippen LogP contribution in [0.2, 0.25) is 10.0 Å². The number of hydrogen-bond donors (Lipinski definition) is 0. The largest absolute Gasteiger partial charge is 0.298 e. The van der Waals surface area contributed by atoms with E-state index in [0.29, 0.717) is 10.6 Å². The van der Waals surface area contributed by atoms with Crippen LogP contribution < -0.4 is 0 Å². The van der Waals surface area contributed by atoms with Gasteiger partial charge in [-0.05, 0) is 60.4 Å². The van der Waals surface area contributed by atoms with Crippen molar-refractivity contribution in [1.29, 1.82) is 0 Å². The Morgan fingerprint density at radius 3 is 2.33 bits per heavy atom. The number of carbonyl (C=O) groups is 1. The van der Waals surface area contributed by atoms with Crippen molar-refractivity contribution in [3.8, 4) is 11.1 Å². The highest BCUT2D eigenvalue weighted by Gasteiger charge is 2.08. The van der Waals surface area contributed by atoms with E-state index in [2.05, 4.69) is 0 Å². The fourth-order valence-corrected chi connectivity index (χ4v) is 2.27. The molecule has 0 aliphatic carbocycles. The van der Waals surface area contributed by atoms with Crippen LogP contribution in [0.3, 0.4) is 0 Å². The number of hydrogen-bond acceptors (Lipinski definition) is 1. The second-order valence-electron chi connectivity index (χ2n) is 4.27. The van der Waals surface area contributed by atoms with Crippen LogP contribution in [0.15, 0.2) is 30.3 Å². The predicted octanol–water partition coefficient (Wildman–Crippen LogP) is 5.09.